The van der Waals surface area contributed by atoms with Crippen LogP contribution in [0.3, 0.4) is 0 Å². The van der Waals surface area contributed by atoms with E-state index in [9.17, 15) is 0 Å². The van der Waals surface area contributed by atoms with Gasteiger partial charge in [-0.1, -0.05) is 0 Å². The summed E-state index contributed by atoms with van der Waals surface area (Å²) < 4.78 is 4.57. The molecule has 0 amide bonds. The van der Waals surface area contributed by atoms with Gasteiger partial charge in [0.05, 0.1) is 0 Å². The molecule has 0 spiro atoms. The van der Waals surface area contributed by atoms with Crippen LogP contribution in [0.5, 0.6) is 0 Å². The molecular weight excluding hydrogens is 150 g/mol. The van der Waals surface area contributed by atoms with Gasteiger partial charge < -0.3 is 0 Å². The second-order valence-electron chi connectivity index (χ2n) is 0.455. The molecule has 0 aromatic rings. The molecule has 0 N–H and O–H groups in total. The van der Waals surface area contributed by atoms with E-state index in [-0.39, 0.29) is 12.4 Å². The molecule has 0 saturated carbocycles. The Morgan fingerprint density at radius 1 is 1.80 bits per heavy atom. The molecule has 34 valence electrons. The Kier molecular flexibility index (Phi) is 16.4. The van der Waals surface area contributed by atoms with Crippen molar-refractivity contribution in [1.29, 1.82) is 0 Å². The van der Waals surface area contributed by atoms with Crippen molar-refractivity contribution in [3.8, 4) is 0 Å². The van der Waals surface area contributed by atoms with Gasteiger partial charge in [-0.3, -0.25) is 0 Å². The third-order valence-corrected chi connectivity index (χ3v) is 0.866. The van der Waals surface area contributed by atoms with E-state index in [4.69, 9.17) is 0 Å². The van der Waals surface area contributed by atoms with Crippen LogP contribution in [0.25, 0.3) is 0 Å². The Morgan fingerprint density at radius 3 is 2.00 bits per heavy atom. The van der Waals surface area contributed by atoms with Gasteiger partial charge in [-0.25, -0.2) is 0 Å². The predicted molar refractivity (Wildman–Crippen MR) is 27.7 cm³/mol. The molecule has 3 heteroatoms. The van der Waals surface area contributed by atoms with Gasteiger partial charge in [0.1, 0.15) is 0 Å². The van der Waals surface area contributed by atoms with E-state index >= 15 is 0 Å². The van der Waals surface area contributed by atoms with Crippen molar-refractivity contribution < 1.29 is 4.74 Å². The fourth-order valence-corrected chi connectivity index (χ4v) is 0. The molecule has 0 aliphatic rings. The summed E-state index contributed by atoms with van der Waals surface area (Å²) in [6, 6.07) is 0. The normalized spacial score (nSPS) is 6.00. The first-order chi connectivity index (χ1) is 1.91. The minimum Gasteiger partial charge on any atom is -0.147 e. The fraction of sp³-hybridized carbons (Fsp3) is 1.00. The zero-order valence-electron chi connectivity index (χ0n) is 3.10. The molecule has 0 radical (unpaired) electrons. The summed E-state index contributed by atoms with van der Waals surface area (Å²) in [4.78, 5) is 0. The summed E-state index contributed by atoms with van der Waals surface area (Å²) in [5.74, 6) is 0. The van der Waals surface area contributed by atoms with Crippen LogP contribution >= 0.6 is 12.4 Å². The molecule has 0 fully saturated rings. The maximum Gasteiger partial charge on any atom is -0.147 e. The molecule has 0 saturated heterocycles. The van der Waals surface area contributed by atoms with Gasteiger partial charge in [0.15, 0.2) is 0 Å². The Hall–Kier alpha value is 0.808. The van der Waals surface area contributed by atoms with E-state index in [1.165, 1.54) is 0 Å². The number of methoxy groups -OCH3 is 1. The van der Waals surface area contributed by atoms with E-state index in [0.29, 0.717) is 0 Å². The van der Waals surface area contributed by atoms with E-state index in [1.807, 2.05) is 0 Å². The van der Waals surface area contributed by atoms with Crippen LogP contribution < -0.4 is 0 Å². The van der Waals surface area contributed by atoms with Crippen LogP contribution in [0.15, 0.2) is 0 Å². The van der Waals surface area contributed by atoms with Crippen LogP contribution in [0.1, 0.15) is 0 Å². The molecule has 0 aliphatic carbocycles. The molecule has 1 nitrogen and oxygen atoms in total. The first kappa shape index (κ1) is 9.26. The van der Waals surface area contributed by atoms with E-state index < -0.39 is 0 Å². The average molecular weight is 158 g/mol. The smallest absolute Gasteiger partial charge is 0.147 e. The Bertz CT molecular complexity index is 11.6. The zero-order chi connectivity index (χ0) is 3.41. The molecule has 1 atom stereocenters. The Morgan fingerprint density at radius 2 is 2.00 bits per heavy atom. The predicted octanol–water partition coefficient (Wildman–Crippen LogP) is -0.355. The van der Waals surface area contributed by atoms with Crippen molar-refractivity contribution in [1.82, 2.24) is 0 Å². The maximum atomic E-state index is 4.57. The summed E-state index contributed by atoms with van der Waals surface area (Å²) in [6.07, 6.45) is 0. The molecule has 1 unspecified atom stereocenters. The van der Waals surface area contributed by atoms with Crippen molar-refractivity contribution >= 4 is 29.3 Å². The van der Waals surface area contributed by atoms with E-state index in [2.05, 4.69) is 4.74 Å². The Labute approximate surface area is 47.0 Å². The minimum absolute atomic E-state index is 0. The fourth-order valence-electron chi connectivity index (χ4n) is 0. The van der Waals surface area contributed by atoms with Crippen molar-refractivity contribution in [2.45, 2.75) is 0 Å². The summed E-state index contributed by atoms with van der Waals surface area (Å²) in [5.41, 5.74) is 0. The molecule has 0 rings (SSSR count). The largest absolute Gasteiger partial charge is 0.147 e. The molecule has 0 bridgehead atoms. The zero-order valence-corrected chi connectivity index (χ0v) is 6.34. The first-order valence-corrected chi connectivity index (χ1v) is 2.82. The summed E-state index contributed by atoms with van der Waals surface area (Å²) in [6.45, 7) is 0. The topological polar surface area (TPSA) is 9.23 Å². The van der Waals surface area contributed by atoms with Crippen LogP contribution in [-0.2, 0) is 4.74 Å². The third-order valence-electron chi connectivity index (χ3n) is 0.167. The quantitative estimate of drug-likeness (QED) is 0.474. The van der Waals surface area contributed by atoms with Crippen molar-refractivity contribution in [2.24, 2.45) is 0 Å². The minimum atomic E-state index is 0. The van der Waals surface area contributed by atoms with Gasteiger partial charge in [-0.05, 0) is 0 Å². The van der Waals surface area contributed by atoms with Crippen molar-refractivity contribution in [3.63, 3.8) is 0 Å². The standard InChI is InChI=1S/C2H7AsO.ClH/c1-4-2-3;/h2-3H2,1H3;1H. The van der Waals surface area contributed by atoms with Gasteiger partial charge in [0, 0.05) is 0 Å². The first-order valence-electron chi connectivity index (χ1n) is 1.11. The second-order valence-corrected chi connectivity index (χ2v) is 1.15. The number of ether oxygens (including phenoxy) is 1. The number of hydrogen-bond acceptors (Lipinski definition) is 1. The molecule has 0 aliphatic heterocycles. The monoisotopic (exact) mass is 158 g/mol. The van der Waals surface area contributed by atoms with Crippen LogP contribution in [-0.4, -0.2) is 29.4 Å². The van der Waals surface area contributed by atoms with Crippen LogP contribution in [0.4, 0.5) is 0 Å². The van der Waals surface area contributed by atoms with Gasteiger partial charge in [-0.2, -0.15) is 0 Å². The summed E-state index contributed by atoms with van der Waals surface area (Å²) in [7, 11) is 1.70. The maximum absolute atomic E-state index is 4.57. The van der Waals surface area contributed by atoms with Crippen LogP contribution in [0, 0.1) is 0 Å². The Balaban J connectivity index is 0. The van der Waals surface area contributed by atoms with Crippen molar-refractivity contribution in [2.75, 3.05) is 12.5 Å². The van der Waals surface area contributed by atoms with E-state index in [0.717, 1.165) is 5.39 Å². The van der Waals surface area contributed by atoms with Crippen LogP contribution in [0.2, 0.25) is 0 Å². The number of halogens is 1. The summed E-state index contributed by atoms with van der Waals surface area (Å²) in [5, 5.41) is 0.882. The van der Waals surface area contributed by atoms with Gasteiger partial charge >= 0.3 is 34.1 Å². The molecule has 5 heavy (non-hydrogen) atoms. The van der Waals surface area contributed by atoms with Crippen molar-refractivity contribution in [3.05, 3.63) is 0 Å². The third kappa shape index (κ3) is 11.6. The number of hydrogen-bond donors (Lipinski definition) is 0. The summed E-state index contributed by atoms with van der Waals surface area (Å²) >= 11 is 1.60. The molecule has 0 aromatic heterocycles. The SMILES string of the molecule is COC[AsH2].Cl. The number of rotatable bonds is 1. The van der Waals surface area contributed by atoms with Gasteiger partial charge in [-0.15, -0.1) is 12.4 Å². The molecular formula is C2H8AsClO. The second kappa shape index (κ2) is 8.84. The average Bonchev–Trinajstić information content (AvgIpc) is 1.37. The molecule has 0 heterocycles. The van der Waals surface area contributed by atoms with Gasteiger partial charge in [0.25, 0.3) is 0 Å². The van der Waals surface area contributed by atoms with Gasteiger partial charge in [0.2, 0.25) is 0 Å². The van der Waals surface area contributed by atoms with E-state index in [1.54, 1.807) is 24.0 Å². The molecule has 0 aromatic carbocycles.